The Kier molecular flexibility index (Phi) is 7.90. The first-order chi connectivity index (χ1) is 8.22. The van der Waals surface area contributed by atoms with Gasteiger partial charge in [0.15, 0.2) is 0 Å². The van der Waals surface area contributed by atoms with E-state index >= 15 is 0 Å². The predicted molar refractivity (Wildman–Crippen MR) is 80.1 cm³/mol. The predicted octanol–water partition coefficient (Wildman–Crippen LogP) is 3.98. The van der Waals surface area contributed by atoms with E-state index in [1.54, 1.807) is 0 Å². The molecule has 2 nitrogen and oxygen atoms in total. The lowest BCUT2D eigenvalue weighted by Gasteiger charge is -2.09. The van der Waals surface area contributed by atoms with Crippen molar-refractivity contribution in [2.24, 2.45) is 0 Å². The number of benzene rings is 1. The van der Waals surface area contributed by atoms with Gasteiger partial charge in [0.25, 0.3) is 0 Å². The number of alkyl halides is 1. The van der Waals surface area contributed by atoms with Gasteiger partial charge in [-0.15, -0.1) is 0 Å². The number of ether oxygens (including phenoxy) is 1. The molecule has 0 radical (unpaired) electrons. The molecule has 0 aromatic heterocycles. The number of hydrogen-bond donors (Lipinski definition) is 1. The second-order valence-corrected chi connectivity index (χ2v) is 6.06. The van der Waals surface area contributed by atoms with E-state index in [9.17, 15) is 0 Å². The molecular formula is C13H19Br2NO. The van der Waals surface area contributed by atoms with Crippen LogP contribution in [0.5, 0.6) is 5.75 Å². The van der Waals surface area contributed by atoms with Gasteiger partial charge in [-0.2, -0.15) is 0 Å². The molecule has 17 heavy (non-hydrogen) atoms. The van der Waals surface area contributed by atoms with Crippen LogP contribution in [0.4, 0.5) is 0 Å². The fourth-order valence-electron chi connectivity index (χ4n) is 1.36. The van der Waals surface area contributed by atoms with Crippen molar-refractivity contribution in [2.45, 2.75) is 24.6 Å². The van der Waals surface area contributed by atoms with Crippen molar-refractivity contribution in [3.05, 3.63) is 28.7 Å². The minimum absolute atomic E-state index is 0.627. The van der Waals surface area contributed by atoms with Gasteiger partial charge in [-0.05, 0) is 43.7 Å². The maximum atomic E-state index is 5.60. The van der Waals surface area contributed by atoms with Crippen LogP contribution in [0.25, 0.3) is 0 Å². The third-order valence-corrected chi connectivity index (χ3v) is 4.07. The maximum Gasteiger partial charge on any atom is 0.119 e. The lowest BCUT2D eigenvalue weighted by atomic mass is 10.2. The van der Waals surface area contributed by atoms with Crippen LogP contribution in [-0.4, -0.2) is 24.5 Å². The SMILES string of the molecule is CCC(Br)CCNCCOc1ccc(Br)cc1. The molecule has 96 valence electrons. The van der Waals surface area contributed by atoms with Crippen molar-refractivity contribution < 1.29 is 4.74 Å². The Labute approximate surface area is 120 Å². The van der Waals surface area contributed by atoms with Gasteiger partial charge in [-0.1, -0.05) is 38.8 Å². The molecule has 4 heteroatoms. The third-order valence-electron chi connectivity index (χ3n) is 2.44. The minimum atomic E-state index is 0.627. The van der Waals surface area contributed by atoms with E-state index in [-0.39, 0.29) is 0 Å². The lowest BCUT2D eigenvalue weighted by molar-refractivity contribution is 0.314. The van der Waals surface area contributed by atoms with Gasteiger partial charge >= 0.3 is 0 Å². The topological polar surface area (TPSA) is 21.3 Å². The van der Waals surface area contributed by atoms with Gasteiger partial charge in [-0.25, -0.2) is 0 Å². The van der Waals surface area contributed by atoms with E-state index in [0.717, 1.165) is 29.7 Å². The van der Waals surface area contributed by atoms with Gasteiger partial charge in [-0.3, -0.25) is 0 Å². The summed E-state index contributed by atoms with van der Waals surface area (Å²) >= 11 is 7.01. The Balaban J connectivity index is 2.02. The molecule has 1 aromatic carbocycles. The molecule has 0 aliphatic rings. The van der Waals surface area contributed by atoms with E-state index in [4.69, 9.17) is 4.74 Å². The van der Waals surface area contributed by atoms with Crippen molar-refractivity contribution in [2.75, 3.05) is 19.7 Å². The summed E-state index contributed by atoms with van der Waals surface area (Å²) in [5.41, 5.74) is 0. The highest BCUT2D eigenvalue weighted by Gasteiger charge is 1.99. The molecular weight excluding hydrogens is 346 g/mol. The quantitative estimate of drug-likeness (QED) is 0.556. The van der Waals surface area contributed by atoms with E-state index in [1.165, 1.54) is 6.42 Å². The summed E-state index contributed by atoms with van der Waals surface area (Å²) in [7, 11) is 0. The van der Waals surface area contributed by atoms with Gasteiger partial charge < -0.3 is 10.1 Å². The van der Waals surface area contributed by atoms with Crippen LogP contribution in [0.1, 0.15) is 19.8 Å². The average Bonchev–Trinajstić information content (AvgIpc) is 2.35. The molecule has 1 atom stereocenters. The molecule has 0 saturated heterocycles. The Morgan fingerprint density at radius 1 is 1.24 bits per heavy atom. The molecule has 0 aliphatic heterocycles. The summed E-state index contributed by atoms with van der Waals surface area (Å²) in [4.78, 5) is 0.627. The highest BCUT2D eigenvalue weighted by Crippen LogP contribution is 2.15. The number of halogens is 2. The minimum Gasteiger partial charge on any atom is -0.492 e. The standard InChI is InChI=1S/C13H19Br2NO/c1-2-11(14)7-8-16-9-10-17-13-5-3-12(15)4-6-13/h3-6,11,16H,2,7-10H2,1H3. The van der Waals surface area contributed by atoms with E-state index in [0.29, 0.717) is 11.4 Å². The smallest absolute Gasteiger partial charge is 0.119 e. The van der Waals surface area contributed by atoms with Crippen LogP contribution in [0.2, 0.25) is 0 Å². The number of hydrogen-bond acceptors (Lipinski definition) is 2. The first-order valence-electron chi connectivity index (χ1n) is 5.95. The van der Waals surface area contributed by atoms with Crippen LogP contribution in [0.15, 0.2) is 28.7 Å². The molecule has 0 amide bonds. The molecule has 0 bridgehead atoms. The Bertz CT molecular complexity index is 303. The van der Waals surface area contributed by atoms with E-state index < -0.39 is 0 Å². The fraction of sp³-hybridized carbons (Fsp3) is 0.538. The third kappa shape index (κ3) is 7.06. The fourth-order valence-corrected chi connectivity index (χ4v) is 1.85. The first kappa shape index (κ1) is 15.0. The van der Waals surface area contributed by atoms with E-state index in [2.05, 4.69) is 44.1 Å². The largest absolute Gasteiger partial charge is 0.492 e. The zero-order chi connectivity index (χ0) is 12.5. The Morgan fingerprint density at radius 3 is 2.59 bits per heavy atom. The van der Waals surface area contributed by atoms with Gasteiger partial charge in [0.05, 0.1) is 0 Å². The second-order valence-electron chi connectivity index (χ2n) is 3.85. The Hall–Kier alpha value is -0.0600. The van der Waals surface area contributed by atoms with E-state index in [1.807, 2.05) is 24.3 Å². The number of nitrogens with one attached hydrogen (secondary N) is 1. The summed E-state index contributed by atoms with van der Waals surface area (Å²) in [5.74, 6) is 0.918. The molecule has 1 N–H and O–H groups in total. The highest BCUT2D eigenvalue weighted by molar-refractivity contribution is 9.10. The molecule has 0 spiro atoms. The zero-order valence-corrected chi connectivity index (χ0v) is 13.3. The average molecular weight is 365 g/mol. The first-order valence-corrected chi connectivity index (χ1v) is 7.66. The zero-order valence-electron chi connectivity index (χ0n) is 10.1. The van der Waals surface area contributed by atoms with Crippen molar-refractivity contribution in [1.29, 1.82) is 0 Å². The lowest BCUT2D eigenvalue weighted by Crippen LogP contribution is -2.23. The van der Waals surface area contributed by atoms with Crippen LogP contribution < -0.4 is 10.1 Å². The van der Waals surface area contributed by atoms with Crippen LogP contribution in [0.3, 0.4) is 0 Å². The van der Waals surface area contributed by atoms with Crippen LogP contribution in [-0.2, 0) is 0 Å². The van der Waals surface area contributed by atoms with Gasteiger partial charge in [0.1, 0.15) is 12.4 Å². The second kappa shape index (κ2) is 8.95. The summed E-state index contributed by atoms with van der Waals surface area (Å²) in [6.07, 6.45) is 2.34. The van der Waals surface area contributed by atoms with Gasteiger partial charge in [0.2, 0.25) is 0 Å². The molecule has 1 unspecified atom stereocenters. The maximum absolute atomic E-state index is 5.60. The molecule has 1 aromatic rings. The van der Waals surface area contributed by atoms with Crippen LogP contribution in [0, 0.1) is 0 Å². The van der Waals surface area contributed by atoms with Crippen molar-refractivity contribution in [3.63, 3.8) is 0 Å². The molecule has 0 aliphatic carbocycles. The molecule has 1 rings (SSSR count). The molecule has 0 heterocycles. The summed E-state index contributed by atoms with van der Waals surface area (Å²) in [6.45, 7) is 4.82. The molecule has 0 saturated carbocycles. The number of rotatable bonds is 8. The highest BCUT2D eigenvalue weighted by atomic mass is 79.9. The van der Waals surface area contributed by atoms with Crippen molar-refractivity contribution in [1.82, 2.24) is 5.32 Å². The Morgan fingerprint density at radius 2 is 1.94 bits per heavy atom. The summed E-state index contributed by atoms with van der Waals surface area (Å²) in [6, 6.07) is 7.91. The normalized spacial score (nSPS) is 12.4. The monoisotopic (exact) mass is 363 g/mol. The summed E-state index contributed by atoms with van der Waals surface area (Å²) in [5, 5.41) is 3.37. The summed E-state index contributed by atoms with van der Waals surface area (Å²) < 4.78 is 6.67. The molecule has 0 fully saturated rings. The van der Waals surface area contributed by atoms with Crippen LogP contribution >= 0.6 is 31.9 Å². The van der Waals surface area contributed by atoms with Crippen molar-refractivity contribution in [3.8, 4) is 5.75 Å². The van der Waals surface area contributed by atoms with Crippen molar-refractivity contribution >= 4 is 31.9 Å². The van der Waals surface area contributed by atoms with Gasteiger partial charge in [0, 0.05) is 15.8 Å².